The Bertz CT molecular complexity index is 767. The van der Waals surface area contributed by atoms with Gasteiger partial charge in [0, 0.05) is 24.2 Å². The van der Waals surface area contributed by atoms with E-state index in [0.29, 0.717) is 23.9 Å². The van der Waals surface area contributed by atoms with Gasteiger partial charge in [0.2, 0.25) is 0 Å². The van der Waals surface area contributed by atoms with Crippen LogP contribution < -0.4 is 27.3 Å². The van der Waals surface area contributed by atoms with Crippen molar-refractivity contribution < 1.29 is 23.8 Å². The summed E-state index contributed by atoms with van der Waals surface area (Å²) in [6, 6.07) is 10.3. The van der Waals surface area contributed by atoms with Crippen molar-refractivity contribution in [3.8, 4) is 5.75 Å². The summed E-state index contributed by atoms with van der Waals surface area (Å²) in [4.78, 5) is 22.6. The van der Waals surface area contributed by atoms with Gasteiger partial charge in [0.15, 0.2) is 0 Å². The molecule has 0 bridgehead atoms. The first-order valence-electron chi connectivity index (χ1n) is 13.3. The van der Waals surface area contributed by atoms with E-state index in [9.17, 15) is 9.59 Å². The SMILES string of the molecule is C.C.CC(C)(C)OC(=O)NC1CCC(N)CC1.CC(C)(C)OC(=O)Oc1ccccc1.NC1CCC(N)CC1. The fourth-order valence-electron chi connectivity index (χ4n) is 3.74. The van der Waals surface area contributed by atoms with E-state index < -0.39 is 17.4 Å². The van der Waals surface area contributed by atoms with Crippen LogP contribution in [0.4, 0.5) is 9.59 Å². The molecule has 0 heterocycles. The average molecular weight is 555 g/mol. The monoisotopic (exact) mass is 554 g/mol. The molecule has 39 heavy (non-hydrogen) atoms. The number of ether oxygens (including phenoxy) is 3. The van der Waals surface area contributed by atoms with Crippen molar-refractivity contribution in [3.63, 3.8) is 0 Å². The molecule has 0 spiro atoms. The summed E-state index contributed by atoms with van der Waals surface area (Å²) in [7, 11) is 0. The van der Waals surface area contributed by atoms with E-state index in [-0.39, 0.29) is 27.0 Å². The molecule has 0 aliphatic heterocycles. The van der Waals surface area contributed by atoms with Crippen LogP contribution in [0.2, 0.25) is 0 Å². The Morgan fingerprint density at radius 1 is 0.692 bits per heavy atom. The normalized spacial score (nSPS) is 22.5. The van der Waals surface area contributed by atoms with Crippen molar-refractivity contribution in [2.24, 2.45) is 17.2 Å². The van der Waals surface area contributed by atoms with Gasteiger partial charge in [0.05, 0.1) is 0 Å². The molecular formula is C30H58N4O5. The minimum Gasteiger partial charge on any atom is -0.444 e. The summed E-state index contributed by atoms with van der Waals surface area (Å²) < 4.78 is 15.1. The summed E-state index contributed by atoms with van der Waals surface area (Å²) in [5.74, 6) is 0.488. The highest BCUT2D eigenvalue weighted by Gasteiger charge is 2.23. The van der Waals surface area contributed by atoms with Crippen LogP contribution in [0.3, 0.4) is 0 Å². The maximum absolute atomic E-state index is 11.4. The van der Waals surface area contributed by atoms with Crippen molar-refractivity contribution in [1.82, 2.24) is 5.32 Å². The Morgan fingerprint density at radius 2 is 1.08 bits per heavy atom. The van der Waals surface area contributed by atoms with Crippen LogP contribution in [0.5, 0.6) is 5.75 Å². The quantitative estimate of drug-likeness (QED) is 0.247. The standard InChI is InChI=1S/C11H22N2O2.C11H14O3.C6H14N2.2CH4/c1-11(2,3)15-10(14)13-9-6-4-8(12)5-7-9;1-11(2,3)14-10(12)13-9-7-5-4-6-8-9;7-5-1-2-6(8)4-3-5;;/h8-9H,4-7,12H2,1-3H3,(H,13,14);4-8H,1-3H3;5-6H,1-4,7-8H2;2*1H4. The number of hydrogen-bond donors (Lipinski definition) is 4. The van der Waals surface area contributed by atoms with Crippen LogP contribution in [-0.2, 0) is 9.47 Å². The summed E-state index contributed by atoms with van der Waals surface area (Å²) in [6.45, 7) is 11.0. The van der Waals surface area contributed by atoms with E-state index in [2.05, 4.69) is 5.32 Å². The Hall–Kier alpha value is -2.36. The van der Waals surface area contributed by atoms with Crippen LogP contribution in [0.15, 0.2) is 30.3 Å². The molecule has 228 valence electrons. The van der Waals surface area contributed by atoms with Gasteiger partial charge in [-0.15, -0.1) is 0 Å². The number of carbonyl (C=O) groups excluding carboxylic acids is 2. The highest BCUT2D eigenvalue weighted by molar-refractivity contribution is 5.68. The molecule has 2 aliphatic carbocycles. The van der Waals surface area contributed by atoms with Gasteiger partial charge in [-0.1, -0.05) is 33.1 Å². The number of nitrogens with two attached hydrogens (primary N) is 3. The molecule has 1 amide bonds. The highest BCUT2D eigenvalue weighted by Crippen LogP contribution is 2.18. The third kappa shape index (κ3) is 21.2. The minimum atomic E-state index is -0.677. The van der Waals surface area contributed by atoms with Gasteiger partial charge in [-0.25, -0.2) is 9.59 Å². The fraction of sp³-hybridized carbons (Fsp3) is 0.733. The van der Waals surface area contributed by atoms with Crippen molar-refractivity contribution in [2.75, 3.05) is 0 Å². The first-order valence-corrected chi connectivity index (χ1v) is 13.3. The van der Waals surface area contributed by atoms with Gasteiger partial charge < -0.3 is 36.7 Å². The molecule has 0 saturated heterocycles. The van der Waals surface area contributed by atoms with Crippen molar-refractivity contribution in [1.29, 1.82) is 0 Å². The summed E-state index contributed by atoms with van der Waals surface area (Å²) >= 11 is 0. The van der Waals surface area contributed by atoms with Crippen molar-refractivity contribution in [3.05, 3.63) is 30.3 Å². The number of para-hydroxylation sites is 1. The first kappa shape index (κ1) is 38.8. The van der Waals surface area contributed by atoms with E-state index in [1.807, 2.05) is 26.8 Å². The first-order chi connectivity index (χ1) is 17.1. The van der Waals surface area contributed by atoms with Gasteiger partial charge >= 0.3 is 12.2 Å². The molecule has 3 rings (SSSR count). The lowest BCUT2D eigenvalue weighted by Crippen LogP contribution is -2.42. The van der Waals surface area contributed by atoms with E-state index in [4.69, 9.17) is 31.4 Å². The van der Waals surface area contributed by atoms with Gasteiger partial charge in [-0.3, -0.25) is 0 Å². The molecule has 7 N–H and O–H groups in total. The highest BCUT2D eigenvalue weighted by atomic mass is 16.7. The second-order valence-electron chi connectivity index (χ2n) is 11.8. The van der Waals surface area contributed by atoms with Gasteiger partial charge in [-0.05, 0) is 105 Å². The Labute approximate surface area is 237 Å². The number of alkyl carbamates (subject to hydrolysis) is 1. The zero-order chi connectivity index (χ0) is 28.1. The van der Waals surface area contributed by atoms with E-state index in [1.54, 1.807) is 45.0 Å². The van der Waals surface area contributed by atoms with Gasteiger partial charge in [-0.2, -0.15) is 0 Å². The predicted molar refractivity (Wildman–Crippen MR) is 161 cm³/mol. The molecule has 9 heteroatoms. The van der Waals surface area contributed by atoms with Gasteiger partial charge in [0.25, 0.3) is 0 Å². The number of nitrogens with one attached hydrogen (secondary N) is 1. The van der Waals surface area contributed by atoms with E-state index >= 15 is 0 Å². The van der Waals surface area contributed by atoms with Crippen molar-refractivity contribution >= 4 is 12.2 Å². The predicted octanol–water partition coefficient (Wildman–Crippen LogP) is 6.27. The summed E-state index contributed by atoms with van der Waals surface area (Å²) in [5, 5.41) is 2.88. The molecule has 2 saturated carbocycles. The van der Waals surface area contributed by atoms with E-state index in [1.165, 1.54) is 0 Å². The number of carbonyl (C=O) groups is 2. The molecule has 9 nitrogen and oxygen atoms in total. The van der Waals surface area contributed by atoms with Gasteiger partial charge in [0.1, 0.15) is 17.0 Å². The van der Waals surface area contributed by atoms with E-state index in [0.717, 1.165) is 51.4 Å². The largest absolute Gasteiger partial charge is 0.514 e. The maximum atomic E-state index is 11.4. The third-order valence-corrected chi connectivity index (χ3v) is 5.64. The van der Waals surface area contributed by atoms with Crippen LogP contribution in [0.25, 0.3) is 0 Å². The lowest BCUT2D eigenvalue weighted by molar-refractivity contribution is 0.0205. The molecule has 2 aliphatic rings. The summed E-state index contributed by atoms with van der Waals surface area (Å²) in [5.41, 5.74) is 16.1. The molecule has 0 radical (unpaired) electrons. The molecular weight excluding hydrogens is 496 g/mol. The Morgan fingerprint density at radius 3 is 1.46 bits per heavy atom. The molecule has 1 aromatic carbocycles. The number of amides is 1. The second-order valence-corrected chi connectivity index (χ2v) is 11.8. The molecule has 0 unspecified atom stereocenters. The average Bonchev–Trinajstić information content (AvgIpc) is 2.76. The van der Waals surface area contributed by atoms with Crippen LogP contribution in [0, 0.1) is 0 Å². The number of benzene rings is 1. The Kier molecular flexibility index (Phi) is 18.7. The smallest absolute Gasteiger partial charge is 0.444 e. The summed E-state index contributed by atoms with van der Waals surface area (Å²) in [6.07, 6.45) is 7.40. The second kappa shape index (κ2) is 18.8. The van der Waals surface area contributed by atoms with Crippen molar-refractivity contribution in [2.45, 2.75) is 143 Å². The molecule has 1 aromatic rings. The lowest BCUT2D eigenvalue weighted by atomic mass is 9.92. The van der Waals surface area contributed by atoms with Crippen LogP contribution in [-0.4, -0.2) is 47.6 Å². The zero-order valence-electron chi connectivity index (χ0n) is 23.6. The topological polar surface area (TPSA) is 152 Å². The Balaban J connectivity index is 0. The third-order valence-electron chi connectivity index (χ3n) is 5.64. The fourth-order valence-corrected chi connectivity index (χ4v) is 3.74. The zero-order valence-corrected chi connectivity index (χ0v) is 23.6. The lowest BCUT2D eigenvalue weighted by Gasteiger charge is -2.28. The molecule has 0 aromatic heterocycles. The minimum absolute atomic E-state index is 0. The van der Waals surface area contributed by atoms with Crippen LogP contribution >= 0.6 is 0 Å². The number of hydrogen-bond acceptors (Lipinski definition) is 8. The molecule has 2 fully saturated rings. The number of rotatable bonds is 2. The maximum Gasteiger partial charge on any atom is 0.514 e. The van der Waals surface area contributed by atoms with Crippen LogP contribution in [0.1, 0.15) is 108 Å². The molecule has 0 atom stereocenters.